The number of nitrogens with one attached hydrogen (secondary N) is 2. The van der Waals surface area contributed by atoms with Gasteiger partial charge in [-0.05, 0) is 18.2 Å². The molecule has 1 aromatic heterocycles. The van der Waals surface area contributed by atoms with E-state index in [2.05, 4.69) is 5.32 Å². The number of hydrogen-bond acceptors (Lipinski definition) is 4. The third-order valence-electron chi connectivity index (χ3n) is 5.23. The zero-order valence-corrected chi connectivity index (χ0v) is 17.5. The van der Waals surface area contributed by atoms with Gasteiger partial charge in [-0.25, -0.2) is 12.7 Å². The number of aromatic nitrogens is 1. The number of quaternary nitrogens is 1. The molecule has 1 aliphatic rings. The van der Waals surface area contributed by atoms with E-state index < -0.39 is 10.0 Å². The summed E-state index contributed by atoms with van der Waals surface area (Å²) in [4.78, 5) is 25.9. The van der Waals surface area contributed by atoms with Gasteiger partial charge in [-0.1, -0.05) is 18.2 Å². The van der Waals surface area contributed by atoms with Crippen molar-refractivity contribution in [2.24, 2.45) is 5.92 Å². The maximum absolute atomic E-state index is 12.5. The molecule has 1 aromatic carbocycles. The van der Waals surface area contributed by atoms with Crippen LogP contribution in [0, 0.1) is 5.92 Å². The van der Waals surface area contributed by atoms with Gasteiger partial charge in [0.25, 0.3) is 5.56 Å². The summed E-state index contributed by atoms with van der Waals surface area (Å²) in [6, 6.07) is 12.0. The molecule has 0 saturated carbocycles. The van der Waals surface area contributed by atoms with Crippen LogP contribution in [0.25, 0.3) is 0 Å². The number of rotatable bonds is 6. The van der Waals surface area contributed by atoms with Crippen LogP contribution in [-0.2, 0) is 21.5 Å². The van der Waals surface area contributed by atoms with E-state index in [-0.39, 0.29) is 22.3 Å². The fourth-order valence-corrected chi connectivity index (χ4v) is 4.37. The van der Waals surface area contributed by atoms with Gasteiger partial charge in [0.05, 0.1) is 18.0 Å². The van der Waals surface area contributed by atoms with Gasteiger partial charge in [-0.2, -0.15) is 0 Å². The van der Waals surface area contributed by atoms with E-state index in [1.54, 1.807) is 0 Å². The lowest BCUT2D eigenvalue weighted by Crippen LogP contribution is -3.12. The zero-order chi connectivity index (χ0) is 21.0. The Hall–Kier alpha value is -2.49. The Labute approximate surface area is 170 Å². The molecule has 2 aromatic rings. The molecule has 0 bridgehead atoms. The number of hydrogen-bond donors (Lipinski definition) is 2. The van der Waals surface area contributed by atoms with Crippen LogP contribution in [0.3, 0.4) is 0 Å². The number of piperidine rings is 1. The molecule has 3 rings (SSSR count). The standard InChI is InChI=1S/C20H26N4O4S/c1-22(2)29(27,28)18-8-9-19(25)24(14-18)15-23-12-10-16(11-13-23)20(26)21-17-6-4-3-5-7-17/h3-9,14,16H,10-13,15H2,1-2H3,(H,21,26)/p+1. The molecule has 0 atom stereocenters. The third kappa shape index (κ3) is 5.11. The van der Waals surface area contributed by atoms with Gasteiger partial charge in [0, 0.05) is 50.8 Å². The maximum Gasteiger partial charge on any atom is 0.254 e. The Morgan fingerprint density at radius 1 is 1.14 bits per heavy atom. The van der Waals surface area contributed by atoms with Crippen molar-refractivity contribution in [1.29, 1.82) is 0 Å². The van der Waals surface area contributed by atoms with Crippen LogP contribution in [-0.4, -0.2) is 50.4 Å². The minimum absolute atomic E-state index is 0.0199. The molecule has 0 aliphatic carbocycles. The first-order valence-corrected chi connectivity index (χ1v) is 11.0. The topological polar surface area (TPSA) is 92.9 Å². The minimum Gasteiger partial charge on any atom is -0.326 e. The lowest BCUT2D eigenvalue weighted by atomic mass is 9.96. The first kappa shape index (κ1) is 21.2. The van der Waals surface area contributed by atoms with Crippen molar-refractivity contribution in [3.8, 4) is 0 Å². The molecule has 156 valence electrons. The van der Waals surface area contributed by atoms with E-state index in [1.807, 2.05) is 30.3 Å². The van der Waals surface area contributed by atoms with Crippen molar-refractivity contribution in [1.82, 2.24) is 8.87 Å². The number of likely N-dealkylation sites (tertiary alicyclic amines) is 1. The first-order chi connectivity index (χ1) is 13.8. The van der Waals surface area contributed by atoms with Gasteiger partial charge in [-0.3, -0.25) is 14.2 Å². The summed E-state index contributed by atoms with van der Waals surface area (Å²) >= 11 is 0. The second-order valence-electron chi connectivity index (χ2n) is 7.50. The van der Waals surface area contributed by atoms with E-state index in [1.165, 1.54) is 37.0 Å². The number of anilines is 1. The van der Waals surface area contributed by atoms with Crippen LogP contribution >= 0.6 is 0 Å². The Morgan fingerprint density at radius 2 is 1.79 bits per heavy atom. The normalized spacial score (nSPS) is 19.8. The fraction of sp³-hybridized carbons (Fsp3) is 0.400. The van der Waals surface area contributed by atoms with Crippen molar-refractivity contribution in [2.75, 3.05) is 32.5 Å². The second-order valence-corrected chi connectivity index (χ2v) is 9.65. The van der Waals surface area contributed by atoms with Crippen molar-refractivity contribution in [3.05, 3.63) is 59.0 Å². The number of sulfonamides is 1. The number of para-hydroxylation sites is 1. The van der Waals surface area contributed by atoms with E-state index in [4.69, 9.17) is 0 Å². The third-order valence-corrected chi connectivity index (χ3v) is 7.03. The Balaban J connectivity index is 1.61. The Morgan fingerprint density at radius 3 is 2.41 bits per heavy atom. The Bertz CT molecular complexity index is 1010. The number of amides is 1. The predicted octanol–water partition coefficient (Wildman–Crippen LogP) is -0.0103. The highest BCUT2D eigenvalue weighted by molar-refractivity contribution is 7.89. The average molecular weight is 420 g/mol. The van der Waals surface area contributed by atoms with E-state index in [9.17, 15) is 18.0 Å². The van der Waals surface area contributed by atoms with Crippen molar-refractivity contribution < 1.29 is 18.1 Å². The van der Waals surface area contributed by atoms with E-state index in [0.29, 0.717) is 6.67 Å². The lowest BCUT2D eigenvalue weighted by molar-refractivity contribution is -0.928. The van der Waals surface area contributed by atoms with Gasteiger partial charge in [0.2, 0.25) is 15.9 Å². The van der Waals surface area contributed by atoms with E-state index in [0.717, 1.165) is 40.8 Å². The van der Waals surface area contributed by atoms with Crippen molar-refractivity contribution in [3.63, 3.8) is 0 Å². The molecule has 2 heterocycles. The van der Waals surface area contributed by atoms with Gasteiger partial charge in [0.1, 0.15) is 0 Å². The smallest absolute Gasteiger partial charge is 0.254 e. The molecule has 2 N–H and O–H groups in total. The fourth-order valence-electron chi connectivity index (χ4n) is 3.45. The van der Waals surface area contributed by atoms with Gasteiger partial charge in [-0.15, -0.1) is 0 Å². The zero-order valence-electron chi connectivity index (χ0n) is 16.7. The molecule has 1 saturated heterocycles. The summed E-state index contributed by atoms with van der Waals surface area (Å²) in [5.74, 6) is -0.0392. The van der Waals surface area contributed by atoms with Crippen LogP contribution in [0.4, 0.5) is 5.69 Å². The minimum atomic E-state index is -3.60. The summed E-state index contributed by atoms with van der Waals surface area (Å²) < 4.78 is 27.2. The number of nitrogens with zero attached hydrogens (tertiary/aromatic N) is 2. The van der Waals surface area contributed by atoms with Crippen LogP contribution in [0.1, 0.15) is 12.8 Å². The number of carbonyl (C=O) groups excluding carboxylic acids is 1. The maximum atomic E-state index is 12.5. The molecule has 0 unspecified atom stereocenters. The number of carbonyl (C=O) groups is 1. The SMILES string of the molecule is CN(C)S(=O)(=O)c1ccc(=O)n(C[NH+]2CCC(C(=O)Nc3ccccc3)CC2)c1. The largest absolute Gasteiger partial charge is 0.326 e. The second kappa shape index (κ2) is 8.89. The molecular weight excluding hydrogens is 392 g/mol. The van der Waals surface area contributed by atoms with Crippen LogP contribution in [0.2, 0.25) is 0 Å². The number of pyridine rings is 1. The lowest BCUT2D eigenvalue weighted by Gasteiger charge is -2.29. The molecular formula is C20H27N4O4S+. The summed E-state index contributed by atoms with van der Waals surface area (Å²) in [5.41, 5.74) is 0.553. The molecule has 9 heteroatoms. The highest BCUT2D eigenvalue weighted by atomic mass is 32.2. The summed E-state index contributed by atoms with van der Waals surface area (Å²) in [7, 11) is -0.676. The highest BCUT2D eigenvalue weighted by Crippen LogP contribution is 2.14. The molecule has 29 heavy (non-hydrogen) atoms. The van der Waals surface area contributed by atoms with Gasteiger partial charge in [0.15, 0.2) is 6.67 Å². The van der Waals surface area contributed by atoms with Gasteiger partial charge < -0.3 is 10.2 Å². The highest BCUT2D eigenvalue weighted by Gasteiger charge is 2.28. The molecule has 1 fully saturated rings. The number of benzene rings is 1. The average Bonchev–Trinajstić information content (AvgIpc) is 2.70. The van der Waals surface area contributed by atoms with Crippen LogP contribution < -0.4 is 15.8 Å². The monoisotopic (exact) mass is 419 g/mol. The molecule has 1 aliphatic heterocycles. The molecule has 8 nitrogen and oxygen atoms in total. The quantitative estimate of drug-likeness (QED) is 0.689. The molecule has 0 radical (unpaired) electrons. The summed E-state index contributed by atoms with van der Waals surface area (Å²) in [6.07, 6.45) is 2.84. The molecule has 0 spiro atoms. The van der Waals surface area contributed by atoms with Gasteiger partial charge >= 0.3 is 0 Å². The van der Waals surface area contributed by atoms with Crippen LogP contribution in [0.15, 0.2) is 58.4 Å². The van der Waals surface area contributed by atoms with Crippen molar-refractivity contribution >= 4 is 21.6 Å². The first-order valence-electron chi connectivity index (χ1n) is 9.60. The van der Waals surface area contributed by atoms with E-state index >= 15 is 0 Å². The van der Waals surface area contributed by atoms with Crippen molar-refractivity contribution in [2.45, 2.75) is 24.4 Å². The van der Waals surface area contributed by atoms with Crippen LogP contribution in [0.5, 0.6) is 0 Å². The molecule has 1 amide bonds. The summed E-state index contributed by atoms with van der Waals surface area (Å²) in [6.45, 7) is 1.86. The summed E-state index contributed by atoms with van der Waals surface area (Å²) in [5, 5.41) is 2.95. The predicted molar refractivity (Wildman–Crippen MR) is 110 cm³/mol. The Kier molecular flexibility index (Phi) is 6.51.